The SMILES string of the molecule is CC(Oc1ccc2c(ccn2[C@@H](c2ccccc2)[C@H](O)CN(C)C(=O)O)c1)c1ccccc1. The van der Waals surface area contributed by atoms with Crippen molar-refractivity contribution >= 4 is 17.0 Å². The molecule has 4 aromatic rings. The van der Waals surface area contributed by atoms with Crippen LogP contribution in [0.25, 0.3) is 10.9 Å². The number of benzene rings is 3. The Hall–Kier alpha value is -3.77. The second-order valence-corrected chi connectivity index (χ2v) is 8.20. The number of ether oxygens (including phenoxy) is 1. The highest BCUT2D eigenvalue weighted by atomic mass is 16.5. The number of hydrogen-bond donors (Lipinski definition) is 2. The number of likely N-dealkylation sites (N-methyl/N-ethyl adjacent to an activating group) is 1. The van der Waals surface area contributed by atoms with Crippen molar-refractivity contribution < 1.29 is 19.7 Å². The van der Waals surface area contributed by atoms with E-state index in [-0.39, 0.29) is 12.6 Å². The third-order valence-electron chi connectivity index (χ3n) is 5.87. The molecule has 0 saturated heterocycles. The second-order valence-electron chi connectivity index (χ2n) is 8.20. The molecular formula is C27H28N2O4. The van der Waals surface area contributed by atoms with Crippen molar-refractivity contribution in [1.82, 2.24) is 9.47 Å². The predicted octanol–water partition coefficient (Wildman–Crippen LogP) is 5.34. The summed E-state index contributed by atoms with van der Waals surface area (Å²) >= 11 is 0. The lowest BCUT2D eigenvalue weighted by Crippen LogP contribution is -2.38. The summed E-state index contributed by atoms with van der Waals surface area (Å²) < 4.78 is 8.15. The summed E-state index contributed by atoms with van der Waals surface area (Å²) in [5.41, 5.74) is 2.94. The Morgan fingerprint density at radius 3 is 2.24 bits per heavy atom. The fourth-order valence-electron chi connectivity index (χ4n) is 4.13. The van der Waals surface area contributed by atoms with Crippen molar-refractivity contribution in [2.24, 2.45) is 0 Å². The monoisotopic (exact) mass is 444 g/mol. The van der Waals surface area contributed by atoms with Crippen molar-refractivity contribution in [2.45, 2.75) is 25.2 Å². The van der Waals surface area contributed by atoms with Crippen LogP contribution < -0.4 is 4.74 Å². The normalized spacial score (nSPS) is 13.9. The summed E-state index contributed by atoms with van der Waals surface area (Å²) in [6, 6.07) is 27.1. The van der Waals surface area contributed by atoms with Crippen LogP contribution in [0.4, 0.5) is 4.79 Å². The highest BCUT2D eigenvalue weighted by Gasteiger charge is 2.26. The molecule has 1 unspecified atom stereocenters. The van der Waals surface area contributed by atoms with Crippen LogP contribution in [0.1, 0.15) is 30.2 Å². The van der Waals surface area contributed by atoms with Gasteiger partial charge in [0.1, 0.15) is 11.9 Å². The summed E-state index contributed by atoms with van der Waals surface area (Å²) in [6.45, 7) is 2.01. The number of rotatable bonds is 8. The van der Waals surface area contributed by atoms with E-state index in [4.69, 9.17) is 4.74 Å². The maximum absolute atomic E-state index is 11.3. The number of hydrogen-bond acceptors (Lipinski definition) is 3. The minimum Gasteiger partial charge on any atom is -0.486 e. The van der Waals surface area contributed by atoms with E-state index >= 15 is 0 Å². The van der Waals surface area contributed by atoms with Gasteiger partial charge in [-0.1, -0.05) is 60.7 Å². The van der Waals surface area contributed by atoms with Crippen LogP contribution in [-0.2, 0) is 0 Å². The Labute approximate surface area is 193 Å². The molecule has 33 heavy (non-hydrogen) atoms. The molecule has 0 aliphatic carbocycles. The van der Waals surface area contributed by atoms with Gasteiger partial charge >= 0.3 is 6.09 Å². The van der Waals surface area contributed by atoms with Crippen LogP contribution in [0.3, 0.4) is 0 Å². The third-order valence-corrected chi connectivity index (χ3v) is 5.87. The topological polar surface area (TPSA) is 74.9 Å². The Bertz CT molecular complexity index is 1210. The molecule has 0 aliphatic rings. The minimum atomic E-state index is -1.08. The van der Waals surface area contributed by atoms with Crippen LogP contribution in [0, 0.1) is 0 Å². The molecule has 6 heteroatoms. The van der Waals surface area contributed by atoms with E-state index in [2.05, 4.69) is 0 Å². The number of aliphatic hydroxyl groups is 1. The van der Waals surface area contributed by atoms with E-state index in [9.17, 15) is 15.0 Å². The Balaban J connectivity index is 1.65. The van der Waals surface area contributed by atoms with Crippen molar-refractivity contribution in [1.29, 1.82) is 0 Å². The molecule has 0 bridgehead atoms. The lowest BCUT2D eigenvalue weighted by atomic mass is 10.0. The zero-order valence-corrected chi connectivity index (χ0v) is 18.7. The molecule has 0 aliphatic heterocycles. The van der Waals surface area contributed by atoms with Gasteiger partial charge in [-0.05, 0) is 42.3 Å². The molecule has 3 atom stereocenters. The predicted molar refractivity (Wildman–Crippen MR) is 129 cm³/mol. The van der Waals surface area contributed by atoms with Crippen LogP contribution in [0.2, 0.25) is 0 Å². The van der Waals surface area contributed by atoms with Gasteiger partial charge in [0.15, 0.2) is 0 Å². The average Bonchev–Trinajstić information content (AvgIpc) is 3.23. The zero-order valence-electron chi connectivity index (χ0n) is 18.7. The van der Waals surface area contributed by atoms with Gasteiger partial charge in [-0.3, -0.25) is 0 Å². The van der Waals surface area contributed by atoms with E-state index in [0.717, 1.165) is 32.7 Å². The van der Waals surface area contributed by atoms with Gasteiger partial charge in [-0.2, -0.15) is 0 Å². The summed E-state index contributed by atoms with van der Waals surface area (Å²) in [7, 11) is 1.46. The van der Waals surface area contributed by atoms with E-state index in [1.807, 2.05) is 103 Å². The van der Waals surface area contributed by atoms with E-state index in [0.29, 0.717) is 0 Å². The quantitative estimate of drug-likeness (QED) is 0.385. The van der Waals surface area contributed by atoms with Crippen LogP contribution in [-0.4, -0.2) is 45.5 Å². The molecule has 2 N–H and O–H groups in total. The van der Waals surface area contributed by atoms with Gasteiger partial charge in [0.2, 0.25) is 0 Å². The molecule has 0 radical (unpaired) electrons. The number of fused-ring (bicyclic) bond motifs is 1. The van der Waals surface area contributed by atoms with Gasteiger partial charge in [-0.25, -0.2) is 4.79 Å². The molecule has 3 aromatic carbocycles. The molecule has 4 rings (SSSR count). The van der Waals surface area contributed by atoms with Crippen molar-refractivity contribution in [2.75, 3.05) is 13.6 Å². The number of amides is 1. The largest absolute Gasteiger partial charge is 0.486 e. The molecule has 1 aromatic heterocycles. The zero-order chi connectivity index (χ0) is 23.4. The number of nitrogens with zero attached hydrogens (tertiary/aromatic N) is 2. The number of carboxylic acid groups (broad SMARTS) is 1. The molecule has 1 heterocycles. The van der Waals surface area contributed by atoms with Gasteiger partial charge < -0.3 is 24.4 Å². The first-order valence-corrected chi connectivity index (χ1v) is 10.9. The third kappa shape index (κ3) is 5.02. The maximum Gasteiger partial charge on any atom is 0.407 e. The lowest BCUT2D eigenvalue weighted by molar-refractivity contribution is 0.0850. The highest BCUT2D eigenvalue weighted by Crippen LogP contribution is 2.31. The number of carbonyl (C=O) groups is 1. The number of aliphatic hydroxyl groups excluding tert-OH is 1. The Morgan fingerprint density at radius 2 is 1.61 bits per heavy atom. The van der Waals surface area contributed by atoms with Gasteiger partial charge in [0.05, 0.1) is 18.7 Å². The second kappa shape index (κ2) is 9.79. The Morgan fingerprint density at radius 1 is 0.970 bits per heavy atom. The molecule has 170 valence electrons. The first-order chi connectivity index (χ1) is 15.9. The molecular weight excluding hydrogens is 416 g/mol. The summed E-state index contributed by atoms with van der Waals surface area (Å²) in [6.07, 6.45) is -0.168. The van der Waals surface area contributed by atoms with Gasteiger partial charge in [-0.15, -0.1) is 0 Å². The standard InChI is InChI=1S/C27H28N2O4/c1-19(20-9-5-3-6-10-20)33-23-13-14-24-22(17-23)15-16-29(24)26(21-11-7-4-8-12-21)25(30)18-28(2)27(31)32/h3-17,19,25-26,30H,18H2,1-2H3,(H,31,32)/t19?,25-,26+/m1/s1. The fraction of sp³-hybridized carbons (Fsp3) is 0.222. The van der Waals surface area contributed by atoms with Crippen molar-refractivity contribution in [3.8, 4) is 5.75 Å². The fourth-order valence-corrected chi connectivity index (χ4v) is 4.13. The molecule has 1 amide bonds. The Kier molecular flexibility index (Phi) is 6.66. The highest BCUT2D eigenvalue weighted by molar-refractivity contribution is 5.82. The molecule has 0 saturated carbocycles. The average molecular weight is 445 g/mol. The molecule has 0 fully saturated rings. The first kappa shape index (κ1) is 22.4. The molecule has 6 nitrogen and oxygen atoms in total. The first-order valence-electron chi connectivity index (χ1n) is 10.9. The van der Waals surface area contributed by atoms with E-state index in [1.165, 1.54) is 7.05 Å². The summed E-state index contributed by atoms with van der Waals surface area (Å²) in [5, 5.41) is 21.3. The van der Waals surface area contributed by atoms with Crippen molar-refractivity contribution in [3.63, 3.8) is 0 Å². The van der Waals surface area contributed by atoms with Crippen LogP contribution in [0.5, 0.6) is 5.75 Å². The number of aromatic nitrogens is 1. The lowest BCUT2D eigenvalue weighted by Gasteiger charge is -2.28. The summed E-state index contributed by atoms with van der Waals surface area (Å²) in [4.78, 5) is 12.4. The minimum absolute atomic E-state index is 0.00957. The van der Waals surface area contributed by atoms with E-state index < -0.39 is 18.2 Å². The van der Waals surface area contributed by atoms with Gasteiger partial charge in [0, 0.05) is 24.1 Å². The maximum atomic E-state index is 11.3. The van der Waals surface area contributed by atoms with Crippen LogP contribution in [0.15, 0.2) is 91.1 Å². The molecule has 0 spiro atoms. The van der Waals surface area contributed by atoms with Crippen LogP contribution >= 0.6 is 0 Å². The smallest absolute Gasteiger partial charge is 0.407 e. The van der Waals surface area contributed by atoms with E-state index in [1.54, 1.807) is 0 Å². The van der Waals surface area contributed by atoms with Gasteiger partial charge in [0.25, 0.3) is 0 Å². The van der Waals surface area contributed by atoms with Crippen molar-refractivity contribution in [3.05, 3.63) is 102 Å². The summed E-state index contributed by atoms with van der Waals surface area (Å²) in [5.74, 6) is 0.763.